The molecule has 0 spiro atoms. The summed E-state index contributed by atoms with van der Waals surface area (Å²) in [5, 5.41) is 3.12. The van der Waals surface area contributed by atoms with Gasteiger partial charge in [-0.3, -0.25) is 4.90 Å². The van der Waals surface area contributed by atoms with Gasteiger partial charge in [0, 0.05) is 37.5 Å². The van der Waals surface area contributed by atoms with E-state index in [0.717, 1.165) is 55.9 Å². The molecule has 9 nitrogen and oxygen atoms in total. The van der Waals surface area contributed by atoms with Crippen molar-refractivity contribution in [3.63, 3.8) is 0 Å². The Morgan fingerprint density at radius 3 is 2.27 bits per heavy atom. The van der Waals surface area contributed by atoms with Crippen LogP contribution in [0, 0.1) is 18.6 Å². The summed E-state index contributed by atoms with van der Waals surface area (Å²) < 4.78 is 55.8. The molecular weight excluding hydrogens is 486 g/mol. The van der Waals surface area contributed by atoms with Gasteiger partial charge in [0.05, 0.1) is 45.4 Å². The maximum Gasteiger partial charge on any atom is 0.227 e. The van der Waals surface area contributed by atoms with Crippen molar-refractivity contribution >= 4 is 11.6 Å². The van der Waals surface area contributed by atoms with E-state index in [2.05, 4.69) is 20.2 Å². The molecule has 1 aromatic heterocycles. The Hall–Kier alpha value is -3.70. The van der Waals surface area contributed by atoms with Gasteiger partial charge in [-0.2, -0.15) is 0 Å². The Morgan fingerprint density at radius 2 is 1.62 bits per heavy atom. The van der Waals surface area contributed by atoms with Crippen LogP contribution in [-0.2, 0) is 11.3 Å². The number of benzene rings is 2. The Labute approximate surface area is 214 Å². The number of ether oxygens (including phenoxy) is 5. The maximum atomic E-state index is 14.5. The molecule has 0 bridgehead atoms. The second-order valence-electron chi connectivity index (χ2n) is 8.33. The predicted octanol–water partition coefficient (Wildman–Crippen LogP) is 4.11. The molecule has 1 saturated heterocycles. The number of aryl methyl sites for hydroxylation is 1. The van der Waals surface area contributed by atoms with Gasteiger partial charge >= 0.3 is 0 Å². The van der Waals surface area contributed by atoms with Crippen molar-refractivity contribution in [3.8, 4) is 23.0 Å². The average molecular weight is 517 g/mol. The molecule has 37 heavy (non-hydrogen) atoms. The first-order valence-corrected chi connectivity index (χ1v) is 11.8. The summed E-state index contributed by atoms with van der Waals surface area (Å²) in [6.07, 6.45) is 2.83. The van der Waals surface area contributed by atoms with Gasteiger partial charge in [-0.15, -0.1) is 0 Å². The molecule has 198 valence electrons. The number of rotatable bonds is 11. The monoisotopic (exact) mass is 516 g/mol. The quantitative estimate of drug-likeness (QED) is 0.405. The number of nitrogens with zero attached hydrogens (tertiary/aromatic N) is 3. The molecule has 0 amide bonds. The molecular formula is C26H30F2N4O5. The van der Waals surface area contributed by atoms with E-state index >= 15 is 0 Å². The summed E-state index contributed by atoms with van der Waals surface area (Å²) in [6.45, 7) is 6.34. The minimum absolute atomic E-state index is 0.143. The highest BCUT2D eigenvalue weighted by atomic mass is 19.1. The van der Waals surface area contributed by atoms with E-state index < -0.39 is 18.2 Å². The third kappa shape index (κ3) is 6.75. The average Bonchev–Trinajstić information content (AvgIpc) is 2.92. The predicted molar refractivity (Wildman–Crippen MR) is 133 cm³/mol. The summed E-state index contributed by atoms with van der Waals surface area (Å²) in [5.74, 6) is -0.663. The molecule has 2 heterocycles. The molecule has 4 rings (SSSR count). The van der Waals surface area contributed by atoms with E-state index in [4.69, 9.17) is 23.7 Å². The Bertz CT molecular complexity index is 1160. The second kappa shape index (κ2) is 12.5. The Kier molecular flexibility index (Phi) is 8.91. The topological polar surface area (TPSA) is 87.2 Å². The fourth-order valence-electron chi connectivity index (χ4n) is 3.75. The fourth-order valence-corrected chi connectivity index (χ4v) is 3.75. The molecule has 1 aliphatic heterocycles. The molecule has 1 aliphatic rings. The Balaban J connectivity index is 1.35. The third-order valence-corrected chi connectivity index (χ3v) is 5.89. The number of nitrogens with one attached hydrogen (secondary N) is 1. The lowest BCUT2D eigenvalue weighted by atomic mass is 10.1. The second-order valence-corrected chi connectivity index (χ2v) is 8.33. The molecule has 0 saturated carbocycles. The normalized spacial score (nSPS) is 13.8. The van der Waals surface area contributed by atoms with E-state index in [1.165, 1.54) is 26.6 Å². The molecule has 1 N–H and O–H groups in total. The van der Waals surface area contributed by atoms with Crippen LogP contribution in [0.5, 0.6) is 23.0 Å². The van der Waals surface area contributed by atoms with Gasteiger partial charge in [0.1, 0.15) is 19.0 Å². The van der Waals surface area contributed by atoms with E-state index in [9.17, 15) is 8.78 Å². The fraction of sp³-hybridized carbons (Fsp3) is 0.385. The lowest BCUT2D eigenvalue weighted by Gasteiger charge is -2.26. The summed E-state index contributed by atoms with van der Waals surface area (Å²) in [4.78, 5) is 10.8. The molecule has 3 aromatic rings. The molecule has 0 radical (unpaired) electrons. The van der Waals surface area contributed by atoms with Gasteiger partial charge in [-0.1, -0.05) is 6.07 Å². The summed E-state index contributed by atoms with van der Waals surface area (Å²) in [7, 11) is 2.57. The lowest BCUT2D eigenvalue weighted by Crippen LogP contribution is -2.38. The van der Waals surface area contributed by atoms with Gasteiger partial charge in [0.25, 0.3) is 0 Å². The highest BCUT2D eigenvalue weighted by molar-refractivity contribution is 5.57. The standard InChI is InChI=1S/C26H30F2N4O5/c1-17-4-5-18(12-21(17)36-11-8-32-6-9-35-10-7-32)31-26-29-14-19(15-30-26)37-16-20-24(27)22(33-2)13-23(34-3)25(20)28/h4-5,12-15H,6-11,16H2,1-3H3,(H,29,30,31). The van der Waals surface area contributed by atoms with Gasteiger partial charge in [0.2, 0.25) is 5.95 Å². The van der Waals surface area contributed by atoms with Crippen molar-refractivity contribution in [3.05, 3.63) is 59.4 Å². The van der Waals surface area contributed by atoms with Gasteiger partial charge < -0.3 is 29.0 Å². The number of halogens is 2. The highest BCUT2D eigenvalue weighted by Crippen LogP contribution is 2.32. The van der Waals surface area contributed by atoms with Crippen molar-refractivity contribution in [1.29, 1.82) is 0 Å². The number of anilines is 2. The van der Waals surface area contributed by atoms with Gasteiger partial charge in [-0.25, -0.2) is 18.7 Å². The minimum Gasteiger partial charge on any atom is -0.494 e. The molecule has 0 atom stereocenters. The zero-order valence-corrected chi connectivity index (χ0v) is 21.1. The molecule has 2 aromatic carbocycles. The van der Waals surface area contributed by atoms with Crippen LogP contribution in [0.4, 0.5) is 20.4 Å². The summed E-state index contributed by atoms with van der Waals surface area (Å²) in [5.41, 5.74) is 1.46. The number of morpholine rings is 1. The zero-order valence-electron chi connectivity index (χ0n) is 21.1. The van der Waals surface area contributed by atoms with Crippen LogP contribution in [0.1, 0.15) is 11.1 Å². The first-order valence-electron chi connectivity index (χ1n) is 11.8. The van der Waals surface area contributed by atoms with Crippen LogP contribution < -0.4 is 24.3 Å². The third-order valence-electron chi connectivity index (χ3n) is 5.89. The molecule has 0 unspecified atom stereocenters. The van der Waals surface area contributed by atoms with Crippen molar-refractivity contribution in [2.24, 2.45) is 0 Å². The van der Waals surface area contributed by atoms with Crippen molar-refractivity contribution in [1.82, 2.24) is 14.9 Å². The van der Waals surface area contributed by atoms with Crippen LogP contribution in [0.2, 0.25) is 0 Å². The number of hydrogen-bond donors (Lipinski definition) is 1. The number of hydrogen-bond acceptors (Lipinski definition) is 9. The summed E-state index contributed by atoms with van der Waals surface area (Å²) in [6, 6.07) is 6.89. The van der Waals surface area contributed by atoms with E-state index in [-0.39, 0.29) is 22.8 Å². The van der Waals surface area contributed by atoms with Crippen LogP contribution >= 0.6 is 0 Å². The van der Waals surface area contributed by atoms with Crippen LogP contribution in [0.25, 0.3) is 0 Å². The number of methoxy groups -OCH3 is 2. The van der Waals surface area contributed by atoms with E-state index in [1.807, 2.05) is 25.1 Å². The minimum atomic E-state index is -0.859. The van der Waals surface area contributed by atoms with Gasteiger partial charge in [-0.05, 0) is 18.6 Å². The van der Waals surface area contributed by atoms with E-state index in [0.29, 0.717) is 12.6 Å². The molecule has 11 heteroatoms. The molecule has 0 aliphatic carbocycles. The first kappa shape index (κ1) is 26.4. The highest BCUT2D eigenvalue weighted by Gasteiger charge is 2.20. The number of aromatic nitrogens is 2. The lowest BCUT2D eigenvalue weighted by molar-refractivity contribution is 0.0322. The van der Waals surface area contributed by atoms with Crippen LogP contribution in [0.3, 0.4) is 0 Å². The largest absolute Gasteiger partial charge is 0.494 e. The SMILES string of the molecule is COc1cc(OC)c(F)c(COc2cnc(Nc3ccc(C)c(OCCN4CCOCC4)c3)nc2)c1F. The van der Waals surface area contributed by atoms with Crippen molar-refractivity contribution in [2.45, 2.75) is 13.5 Å². The van der Waals surface area contributed by atoms with Crippen molar-refractivity contribution < 1.29 is 32.5 Å². The summed E-state index contributed by atoms with van der Waals surface area (Å²) >= 11 is 0. The van der Waals surface area contributed by atoms with Gasteiger partial charge in [0.15, 0.2) is 28.9 Å². The maximum absolute atomic E-state index is 14.5. The van der Waals surface area contributed by atoms with Crippen LogP contribution in [0.15, 0.2) is 36.7 Å². The van der Waals surface area contributed by atoms with Crippen molar-refractivity contribution in [2.75, 3.05) is 59.0 Å². The zero-order chi connectivity index (χ0) is 26.2. The first-order chi connectivity index (χ1) is 18.0. The Morgan fingerprint density at radius 1 is 0.946 bits per heavy atom. The smallest absolute Gasteiger partial charge is 0.227 e. The van der Waals surface area contributed by atoms with E-state index in [1.54, 1.807) is 0 Å². The van der Waals surface area contributed by atoms with Crippen LogP contribution in [-0.4, -0.2) is 68.5 Å². The molecule has 1 fully saturated rings.